The largest absolute Gasteiger partial charge is 0.480 e. The summed E-state index contributed by atoms with van der Waals surface area (Å²) in [6, 6.07) is -0.314. The van der Waals surface area contributed by atoms with Gasteiger partial charge in [-0.25, -0.2) is 4.79 Å². The summed E-state index contributed by atoms with van der Waals surface area (Å²) in [6.07, 6.45) is 4.80. The van der Waals surface area contributed by atoms with Crippen LogP contribution in [0.2, 0.25) is 0 Å². The van der Waals surface area contributed by atoms with Crippen LogP contribution in [0.4, 0.5) is 10.5 Å². The minimum Gasteiger partial charge on any atom is -0.480 e. The van der Waals surface area contributed by atoms with Crippen LogP contribution in [0.5, 0.6) is 0 Å². The molecule has 1 fully saturated rings. The van der Waals surface area contributed by atoms with Gasteiger partial charge in [0, 0.05) is 26.0 Å². The van der Waals surface area contributed by atoms with Gasteiger partial charge in [-0.05, 0) is 18.8 Å². The van der Waals surface area contributed by atoms with Crippen molar-refractivity contribution in [3.05, 3.63) is 12.4 Å². The summed E-state index contributed by atoms with van der Waals surface area (Å²) in [5, 5.41) is 17.9. The van der Waals surface area contributed by atoms with Crippen LogP contribution in [0.1, 0.15) is 12.8 Å². The van der Waals surface area contributed by atoms with Crippen LogP contribution >= 0.6 is 0 Å². The van der Waals surface area contributed by atoms with Crippen molar-refractivity contribution in [3.8, 4) is 0 Å². The Balaban J connectivity index is 1.73. The molecule has 0 aliphatic carbocycles. The number of rotatable bonds is 5. The summed E-state index contributed by atoms with van der Waals surface area (Å²) in [5.74, 6) is -0.534. The highest BCUT2D eigenvalue weighted by Gasteiger charge is 2.14. The van der Waals surface area contributed by atoms with Crippen molar-refractivity contribution in [2.75, 3.05) is 25.1 Å². The Morgan fingerprint density at radius 1 is 1.45 bits per heavy atom. The first-order valence-corrected chi connectivity index (χ1v) is 6.50. The fourth-order valence-corrected chi connectivity index (χ4v) is 2.02. The number of carbonyl (C=O) groups excluding carboxylic acids is 1. The second-order valence-electron chi connectivity index (χ2n) is 4.71. The monoisotopic (exact) mass is 282 g/mol. The molecule has 2 heterocycles. The maximum Gasteiger partial charge on any atom is 0.325 e. The van der Waals surface area contributed by atoms with Crippen LogP contribution in [0.15, 0.2) is 12.4 Å². The highest BCUT2D eigenvalue weighted by atomic mass is 16.5. The Kier molecular flexibility index (Phi) is 4.94. The molecule has 1 aromatic heterocycles. The van der Waals surface area contributed by atoms with Gasteiger partial charge in [0.25, 0.3) is 0 Å². The highest BCUT2D eigenvalue weighted by Crippen LogP contribution is 2.13. The van der Waals surface area contributed by atoms with E-state index in [9.17, 15) is 9.59 Å². The third-order valence-corrected chi connectivity index (χ3v) is 3.08. The summed E-state index contributed by atoms with van der Waals surface area (Å²) in [5.41, 5.74) is 0.468. The number of anilines is 1. The topological polar surface area (TPSA) is 105 Å². The number of carbonyl (C=O) groups is 2. The lowest BCUT2D eigenvalue weighted by molar-refractivity contribution is -0.137. The van der Waals surface area contributed by atoms with Gasteiger partial charge in [-0.3, -0.25) is 9.48 Å². The lowest BCUT2D eigenvalue weighted by atomic mass is 10.0. The molecule has 0 radical (unpaired) electrons. The molecule has 110 valence electrons. The molecule has 8 heteroatoms. The third-order valence-electron chi connectivity index (χ3n) is 3.08. The number of hydrogen-bond donors (Lipinski definition) is 3. The maximum atomic E-state index is 11.7. The van der Waals surface area contributed by atoms with Gasteiger partial charge < -0.3 is 20.5 Å². The SMILES string of the molecule is O=C(O)Cn1cc(NC(=O)NCC2CCOCC2)cn1. The highest BCUT2D eigenvalue weighted by molar-refractivity contribution is 5.88. The lowest BCUT2D eigenvalue weighted by Gasteiger charge is -2.22. The van der Waals surface area contributed by atoms with E-state index in [1.54, 1.807) is 0 Å². The van der Waals surface area contributed by atoms with Crippen molar-refractivity contribution in [2.24, 2.45) is 5.92 Å². The van der Waals surface area contributed by atoms with E-state index in [4.69, 9.17) is 9.84 Å². The van der Waals surface area contributed by atoms with Crippen molar-refractivity contribution in [3.63, 3.8) is 0 Å². The number of amides is 2. The van der Waals surface area contributed by atoms with Gasteiger partial charge in [0.2, 0.25) is 0 Å². The number of hydrogen-bond acceptors (Lipinski definition) is 4. The minimum absolute atomic E-state index is 0.231. The zero-order valence-electron chi connectivity index (χ0n) is 11.0. The van der Waals surface area contributed by atoms with Crippen molar-refractivity contribution < 1.29 is 19.4 Å². The first-order chi connectivity index (χ1) is 9.63. The molecule has 1 saturated heterocycles. The molecule has 0 atom stereocenters. The Morgan fingerprint density at radius 2 is 2.20 bits per heavy atom. The number of aliphatic carboxylic acids is 1. The third kappa shape index (κ3) is 4.54. The molecule has 8 nitrogen and oxygen atoms in total. The first-order valence-electron chi connectivity index (χ1n) is 6.50. The second kappa shape index (κ2) is 6.90. The summed E-state index contributed by atoms with van der Waals surface area (Å²) >= 11 is 0. The number of carboxylic acids is 1. The van der Waals surface area contributed by atoms with Gasteiger partial charge in [0.1, 0.15) is 6.54 Å². The summed E-state index contributed by atoms with van der Waals surface area (Å²) in [7, 11) is 0. The van der Waals surface area contributed by atoms with Crippen LogP contribution < -0.4 is 10.6 Å². The fraction of sp³-hybridized carbons (Fsp3) is 0.583. The molecular weight excluding hydrogens is 264 g/mol. The van der Waals surface area contributed by atoms with Crippen molar-refractivity contribution >= 4 is 17.7 Å². The summed E-state index contributed by atoms with van der Waals surface area (Å²) < 4.78 is 6.50. The number of nitrogens with zero attached hydrogens (tertiary/aromatic N) is 2. The molecule has 0 spiro atoms. The Hall–Kier alpha value is -2.09. The molecule has 1 aromatic rings. The Labute approximate surface area is 116 Å². The van der Waals surface area contributed by atoms with E-state index in [1.165, 1.54) is 17.1 Å². The summed E-state index contributed by atoms with van der Waals surface area (Å²) in [4.78, 5) is 22.2. The van der Waals surface area contributed by atoms with E-state index >= 15 is 0 Å². The van der Waals surface area contributed by atoms with E-state index in [2.05, 4.69) is 15.7 Å². The molecule has 3 N–H and O–H groups in total. The van der Waals surface area contributed by atoms with Gasteiger partial charge in [-0.1, -0.05) is 0 Å². The average molecular weight is 282 g/mol. The van der Waals surface area contributed by atoms with Crippen LogP contribution in [0.3, 0.4) is 0 Å². The molecule has 20 heavy (non-hydrogen) atoms. The van der Waals surface area contributed by atoms with E-state index in [0.717, 1.165) is 26.1 Å². The molecule has 0 bridgehead atoms. The molecule has 0 unspecified atom stereocenters. The zero-order valence-corrected chi connectivity index (χ0v) is 11.0. The van der Waals surface area contributed by atoms with Gasteiger partial charge in [-0.15, -0.1) is 0 Å². The van der Waals surface area contributed by atoms with Crippen LogP contribution in [-0.4, -0.2) is 46.6 Å². The number of urea groups is 1. The van der Waals surface area contributed by atoms with Crippen LogP contribution in [-0.2, 0) is 16.1 Å². The van der Waals surface area contributed by atoms with E-state index in [0.29, 0.717) is 18.2 Å². The molecule has 1 aliphatic heterocycles. The van der Waals surface area contributed by atoms with Crippen molar-refractivity contribution in [1.82, 2.24) is 15.1 Å². The first kappa shape index (κ1) is 14.3. The molecule has 0 saturated carbocycles. The smallest absolute Gasteiger partial charge is 0.325 e. The molecular formula is C12H18N4O4. The Morgan fingerprint density at radius 3 is 2.90 bits per heavy atom. The predicted molar refractivity (Wildman–Crippen MR) is 70.4 cm³/mol. The molecule has 0 aromatic carbocycles. The van der Waals surface area contributed by atoms with E-state index in [-0.39, 0.29) is 12.6 Å². The Bertz CT molecular complexity index is 468. The maximum absolute atomic E-state index is 11.7. The normalized spacial score (nSPS) is 15.8. The van der Waals surface area contributed by atoms with Crippen LogP contribution in [0, 0.1) is 5.92 Å². The van der Waals surface area contributed by atoms with Gasteiger partial charge in [0.05, 0.1) is 11.9 Å². The number of carboxylic acid groups (broad SMARTS) is 1. The minimum atomic E-state index is -0.983. The molecule has 2 amide bonds. The van der Waals surface area contributed by atoms with E-state index < -0.39 is 5.97 Å². The summed E-state index contributed by atoms with van der Waals surface area (Å²) in [6.45, 7) is 1.87. The van der Waals surface area contributed by atoms with Crippen LogP contribution in [0.25, 0.3) is 0 Å². The van der Waals surface area contributed by atoms with E-state index in [1.807, 2.05) is 0 Å². The predicted octanol–water partition coefficient (Wildman–Crippen LogP) is 0.516. The van der Waals surface area contributed by atoms with Gasteiger partial charge in [-0.2, -0.15) is 5.10 Å². The average Bonchev–Trinajstić information content (AvgIpc) is 2.84. The lowest BCUT2D eigenvalue weighted by Crippen LogP contribution is -2.34. The quantitative estimate of drug-likeness (QED) is 0.730. The number of ether oxygens (including phenoxy) is 1. The number of aromatic nitrogens is 2. The van der Waals surface area contributed by atoms with Gasteiger partial charge in [0.15, 0.2) is 0 Å². The number of nitrogens with one attached hydrogen (secondary N) is 2. The zero-order chi connectivity index (χ0) is 14.4. The fourth-order valence-electron chi connectivity index (χ4n) is 2.02. The van der Waals surface area contributed by atoms with Gasteiger partial charge >= 0.3 is 12.0 Å². The molecule has 2 rings (SSSR count). The molecule has 1 aliphatic rings. The standard InChI is InChI=1S/C12H18N4O4/c17-11(18)8-16-7-10(6-14-16)15-12(19)13-5-9-1-3-20-4-2-9/h6-7,9H,1-5,8H2,(H,17,18)(H2,13,15,19). The van der Waals surface area contributed by atoms with Crippen molar-refractivity contribution in [2.45, 2.75) is 19.4 Å². The second-order valence-corrected chi connectivity index (χ2v) is 4.71. The van der Waals surface area contributed by atoms with Crippen molar-refractivity contribution in [1.29, 1.82) is 0 Å².